The van der Waals surface area contributed by atoms with E-state index in [0.717, 1.165) is 0 Å². The maximum atomic E-state index is 12.1. The van der Waals surface area contributed by atoms with Gasteiger partial charge < -0.3 is 4.74 Å². The third-order valence-corrected chi connectivity index (χ3v) is 3.18. The molecule has 0 saturated carbocycles. The number of ether oxygens (including phenoxy) is 1. The average molecular weight is 300 g/mol. The summed E-state index contributed by atoms with van der Waals surface area (Å²) in [4.78, 5) is 3.88. The Hall–Kier alpha value is -2.06. The van der Waals surface area contributed by atoms with Gasteiger partial charge in [-0.2, -0.15) is 8.78 Å². The third-order valence-electron chi connectivity index (χ3n) is 2.37. The zero-order valence-electron chi connectivity index (χ0n) is 10.0. The van der Waals surface area contributed by atoms with Crippen molar-refractivity contribution >= 4 is 10.0 Å². The fraction of sp³-hybridized carbons (Fsp3) is 0.0833. The number of primary sulfonamides is 1. The van der Waals surface area contributed by atoms with Gasteiger partial charge in [0.25, 0.3) is 10.0 Å². The zero-order chi connectivity index (χ0) is 14.8. The van der Waals surface area contributed by atoms with Gasteiger partial charge in [0.15, 0.2) is 5.03 Å². The molecule has 8 heteroatoms. The molecule has 5 nitrogen and oxygen atoms in total. The van der Waals surface area contributed by atoms with Crippen LogP contribution in [-0.2, 0) is 10.0 Å². The summed E-state index contributed by atoms with van der Waals surface area (Å²) in [7, 11) is -3.92. The number of nitrogens with zero attached hydrogens (tertiary/aromatic N) is 1. The highest BCUT2D eigenvalue weighted by molar-refractivity contribution is 7.89. The summed E-state index contributed by atoms with van der Waals surface area (Å²) < 4.78 is 51.0. The van der Waals surface area contributed by atoms with Crippen LogP contribution in [0.15, 0.2) is 47.5 Å². The smallest absolute Gasteiger partial charge is 0.387 e. The predicted octanol–water partition coefficient (Wildman–Crippen LogP) is 2.00. The van der Waals surface area contributed by atoms with E-state index >= 15 is 0 Å². The van der Waals surface area contributed by atoms with Gasteiger partial charge in [0, 0.05) is 5.56 Å². The van der Waals surface area contributed by atoms with Crippen molar-refractivity contribution in [2.45, 2.75) is 11.6 Å². The fourth-order valence-corrected chi connectivity index (χ4v) is 2.06. The van der Waals surface area contributed by atoms with E-state index in [1.807, 2.05) is 0 Å². The first-order valence-electron chi connectivity index (χ1n) is 5.41. The van der Waals surface area contributed by atoms with E-state index in [2.05, 4.69) is 9.72 Å². The normalized spacial score (nSPS) is 11.6. The summed E-state index contributed by atoms with van der Waals surface area (Å²) in [6.45, 7) is -2.94. The van der Waals surface area contributed by atoms with Crippen LogP contribution in [0.1, 0.15) is 0 Å². The number of benzene rings is 1. The minimum absolute atomic E-state index is 0.0414. The van der Waals surface area contributed by atoms with E-state index in [9.17, 15) is 17.2 Å². The Kier molecular flexibility index (Phi) is 3.96. The number of hydrogen-bond acceptors (Lipinski definition) is 4. The maximum Gasteiger partial charge on any atom is 0.387 e. The van der Waals surface area contributed by atoms with Crippen molar-refractivity contribution < 1.29 is 21.9 Å². The van der Waals surface area contributed by atoms with Gasteiger partial charge in [-0.3, -0.25) is 0 Å². The molecule has 2 N–H and O–H groups in total. The van der Waals surface area contributed by atoms with Crippen LogP contribution in [0.3, 0.4) is 0 Å². The highest BCUT2D eigenvalue weighted by Crippen LogP contribution is 2.24. The second-order valence-electron chi connectivity index (χ2n) is 3.81. The minimum Gasteiger partial charge on any atom is -0.435 e. The van der Waals surface area contributed by atoms with E-state index in [0.29, 0.717) is 5.56 Å². The molecule has 1 aromatic heterocycles. The van der Waals surface area contributed by atoms with Crippen molar-refractivity contribution in [3.63, 3.8) is 0 Å². The van der Waals surface area contributed by atoms with Crippen LogP contribution in [-0.4, -0.2) is 20.0 Å². The van der Waals surface area contributed by atoms with E-state index in [1.54, 1.807) is 6.07 Å². The van der Waals surface area contributed by atoms with Gasteiger partial charge in [-0.15, -0.1) is 0 Å². The Morgan fingerprint density at radius 2 is 1.85 bits per heavy atom. The summed E-state index contributed by atoms with van der Waals surface area (Å²) >= 11 is 0. The van der Waals surface area contributed by atoms with Gasteiger partial charge in [0.1, 0.15) is 5.75 Å². The summed E-state index contributed by atoms with van der Waals surface area (Å²) in [6.07, 6.45) is 0. The van der Waals surface area contributed by atoms with E-state index in [4.69, 9.17) is 5.14 Å². The lowest BCUT2D eigenvalue weighted by Gasteiger charge is -2.07. The van der Waals surface area contributed by atoms with Crippen LogP contribution >= 0.6 is 0 Å². The quantitative estimate of drug-likeness (QED) is 0.936. The maximum absolute atomic E-state index is 12.1. The van der Waals surface area contributed by atoms with Gasteiger partial charge in [-0.25, -0.2) is 18.5 Å². The Morgan fingerprint density at radius 3 is 2.50 bits per heavy atom. The molecule has 0 spiro atoms. The van der Waals surface area contributed by atoms with E-state index < -0.39 is 16.6 Å². The molecule has 1 heterocycles. The highest BCUT2D eigenvalue weighted by atomic mass is 32.2. The molecule has 2 rings (SSSR count). The van der Waals surface area contributed by atoms with Crippen LogP contribution < -0.4 is 9.88 Å². The number of alkyl halides is 2. The lowest BCUT2D eigenvalue weighted by atomic mass is 10.1. The molecule has 0 amide bonds. The van der Waals surface area contributed by atoms with Crippen molar-refractivity contribution in [2.24, 2.45) is 5.14 Å². The number of rotatable bonds is 4. The molecule has 20 heavy (non-hydrogen) atoms. The van der Waals surface area contributed by atoms with Crippen LogP contribution in [0, 0.1) is 0 Å². The number of halogens is 2. The molecule has 0 aliphatic heterocycles. The summed E-state index contributed by atoms with van der Waals surface area (Å²) in [5.74, 6) is -0.0414. The standard InChI is InChI=1S/C12H10F2N2O3S/c13-12(14)19-9-4-1-3-8(7-9)10-5-2-6-11(16-10)20(15,17)18/h1-7,12H,(H2,15,17,18). The molecule has 0 aliphatic carbocycles. The molecule has 1 aromatic carbocycles. The number of nitrogens with two attached hydrogens (primary N) is 1. The van der Waals surface area contributed by atoms with Gasteiger partial charge >= 0.3 is 6.61 Å². The summed E-state index contributed by atoms with van der Waals surface area (Å²) in [6, 6.07) is 10.0. The summed E-state index contributed by atoms with van der Waals surface area (Å²) in [5.41, 5.74) is 0.727. The molecule has 0 radical (unpaired) electrons. The Labute approximate surface area is 114 Å². The van der Waals surface area contributed by atoms with Crippen molar-refractivity contribution in [3.8, 4) is 17.0 Å². The van der Waals surface area contributed by atoms with Crippen molar-refractivity contribution in [3.05, 3.63) is 42.5 Å². The van der Waals surface area contributed by atoms with Gasteiger partial charge in [0.2, 0.25) is 0 Å². The number of hydrogen-bond donors (Lipinski definition) is 1. The van der Waals surface area contributed by atoms with Crippen molar-refractivity contribution in [1.82, 2.24) is 4.98 Å². The minimum atomic E-state index is -3.92. The lowest BCUT2D eigenvalue weighted by Crippen LogP contribution is -2.14. The largest absolute Gasteiger partial charge is 0.435 e. The average Bonchev–Trinajstić information content (AvgIpc) is 2.37. The molecule has 0 saturated heterocycles. The van der Waals surface area contributed by atoms with Crippen LogP contribution in [0.2, 0.25) is 0 Å². The number of pyridine rings is 1. The molecular formula is C12H10F2N2O3S. The van der Waals surface area contributed by atoms with E-state index in [-0.39, 0.29) is 16.5 Å². The zero-order valence-corrected chi connectivity index (χ0v) is 10.8. The van der Waals surface area contributed by atoms with Gasteiger partial charge in [0.05, 0.1) is 5.69 Å². The van der Waals surface area contributed by atoms with E-state index in [1.165, 1.54) is 36.4 Å². The Morgan fingerprint density at radius 1 is 1.15 bits per heavy atom. The molecular weight excluding hydrogens is 290 g/mol. The van der Waals surface area contributed by atoms with Crippen LogP contribution in [0.4, 0.5) is 8.78 Å². The van der Waals surface area contributed by atoms with Gasteiger partial charge in [-0.05, 0) is 24.3 Å². The monoisotopic (exact) mass is 300 g/mol. The molecule has 0 fully saturated rings. The number of aromatic nitrogens is 1. The first-order chi connectivity index (χ1) is 9.36. The summed E-state index contributed by atoms with van der Waals surface area (Å²) in [5, 5.41) is 4.69. The molecule has 0 unspecified atom stereocenters. The van der Waals surface area contributed by atoms with Crippen LogP contribution in [0.25, 0.3) is 11.3 Å². The number of sulfonamides is 1. The third kappa shape index (κ3) is 3.49. The second-order valence-corrected chi connectivity index (χ2v) is 5.32. The van der Waals surface area contributed by atoms with Gasteiger partial charge in [-0.1, -0.05) is 18.2 Å². The molecule has 2 aromatic rings. The SMILES string of the molecule is NS(=O)(=O)c1cccc(-c2cccc(OC(F)F)c2)n1. The highest BCUT2D eigenvalue weighted by Gasteiger charge is 2.11. The lowest BCUT2D eigenvalue weighted by molar-refractivity contribution is -0.0498. The second kappa shape index (κ2) is 5.51. The molecule has 106 valence electrons. The predicted molar refractivity (Wildman–Crippen MR) is 67.7 cm³/mol. The first-order valence-corrected chi connectivity index (χ1v) is 6.96. The molecule has 0 atom stereocenters. The van der Waals surface area contributed by atoms with Crippen molar-refractivity contribution in [1.29, 1.82) is 0 Å². The fourth-order valence-electron chi connectivity index (χ4n) is 1.57. The molecule has 0 aliphatic rings. The first kappa shape index (κ1) is 14.4. The molecule has 0 bridgehead atoms. The Balaban J connectivity index is 2.41. The van der Waals surface area contributed by atoms with Crippen LogP contribution in [0.5, 0.6) is 5.75 Å². The Bertz CT molecular complexity index is 720. The van der Waals surface area contributed by atoms with Crippen molar-refractivity contribution in [2.75, 3.05) is 0 Å². The topological polar surface area (TPSA) is 82.3 Å².